The normalized spacial score (nSPS) is 10.5. The van der Waals surface area contributed by atoms with Crippen LogP contribution < -0.4 is 4.90 Å². The van der Waals surface area contributed by atoms with E-state index >= 15 is 0 Å². The van der Waals surface area contributed by atoms with Crippen LogP contribution in [0.25, 0.3) is 0 Å². The van der Waals surface area contributed by atoms with Crippen LogP contribution >= 0.6 is 0 Å². The van der Waals surface area contributed by atoms with Crippen molar-refractivity contribution in [2.45, 2.75) is 20.8 Å². The molecule has 0 saturated heterocycles. The molecule has 2 aromatic rings. The van der Waals surface area contributed by atoms with Crippen molar-refractivity contribution in [3.8, 4) is 0 Å². The SMILES string of the molecule is COCC(=O)N(c1ccccc1C)c1c(C)cccc1C. The Morgan fingerprint density at radius 2 is 1.52 bits per heavy atom. The summed E-state index contributed by atoms with van der Waals surface area (Å²) in [5.74, 6) is -0.0656. The van der Waals surface area contributed by atoms with Gasteiger partial charge in [0.1, 0.15) is 6.61 Å². The molecule has 0 aliphatic heterocycles. The number of hydrogen-bond donors (Lipinski definition) is 0. The van der Waals surface area contributed by atoms with Gasteiger partial charge in [-0.05, 0) is 43.5 Å². The molecule has 110 valence electrons. The summed E-state index contributed by atoms with van der Waals surface area (Å²) in [6.07, 6.45) is 0. The summed E-state index contributed by atoms with van der Waals surface area (Å²) >= 11 is 0. The molecule has 3 heteroatoms. The highest BCUT2D eigenvalue weighted by molar-refractivity contribution is 6.03. The lowest BCUT2D eigenvalue weighted by Crippen LogP contribution is -2.31. The van der Waals surface area contributed by atoms with E-state index in [2.05, 4.69) is 0 Å². The summed E-state index contributed by atoms with van der Waals surface area (Å²) in [4.78, 5) is 14.4. The number of nitrogens with zero attached hydrogens (tertiary/aromatic N) is 1. The molecule has 0 bridgehead atoms. The van der Waals surface area contributed by atoms with Crippen LogP contribution in [0.1, 0.15) is 16.7 Å². The summed E-state index contributed by atoms with van der Waals surface area (Å²) in [7, 11) is 1.54. The average Bonchev–Trinajstić information content (AvgIpc) is 2.44. The Hall–Kier alpha value is -2.13. The van der Waals surface area contributed by atoms with E-state index < -0.39 is 0 Å². The molecule has 0 unspecified atom stereocenters. The molecule has 0 N–H and O–H groups in total. The van der Waals surface area contributed by atoms with E-state index in [1.54, 1.807) is 12.0 Å². The number of anilines is 2. The van der Waals surface area contributed by atoms with Gasteiger partial charge in [-0.2, -0.15) is 0 Å². The first-order valence-electron chi connectivity index (χ1n) is 7.00. The van der Waals surface area contributed by atoms with Crippen molar-refractivity contribution in [2.24, 2.45) is 0 Å². The average molecular weight is 283 g/mol. The Morgan fingerprint density at radius 3 is 2.10 bits per heavy atom. The van der Waals surface area contributed by atoms with Gasteiger partial charge in [-0.15, -0.1) is 0 Å². The summed E-state index contributed by atoms with van der Waals surface area (Å²) in [5.41, 5.74) is 5.04. The molecule has 3 nitrogen and oxygen atoms in total. The van der Waals surface area contributed by atoms with Crippen molar-refractivity contribution in [2.75, 3.05) is 18.6 Å². The first-order chi connectivity index (χ1) is 10.1. The number of amides is 1. The number of benzene rings is 2. The number of ether oxygens (including phenoxy) is 1. The highest BCUT2D eigenvalue weighted by Gasteiger charge is 2.22. The van der Waals surface area contributed by atoms with E-state index in [0.29, 0.717) is 0 Å². The van der Waals surface area contributed by atoms with E-state index in [9.17, 15) is 4.79 Å². The first kappa shape index (κ1) is 15.3. The van der Waals surface area contributed by atoms with E-state index in [-0.39, 0.29) is 12.5 Å². The van der Waals surface area contributed by atoms with Gasteiger partial charge in [0.15, 0.2) is 0 Å². The van der Waals surface area contributed by atoms with Gasteiger partial charge >= 0.3 is 0 Å². The second-order valence-electron chi connectivity index (χ2n) is 5.19. The van der Waals surface area contributed by atoms with Gasteiger partial charge in [0.25, 0.3) is 5.91 Å². The predicted molar refractivity (Wildman–Crippen MR) is 86.1 cm³/mol. The van der Waals surface area contributed by atoms with Gasteiger partial charge < -0.3 is 4.74 Å². The summed E-state index contributed by atoms with van der Waals surface area (Å²) in [5, 5.41) is 0. The second kappa shape index (κ2) is 6.55. The first-order valence-corrected chi connectivity index (χ1v) is 7.00. The molecule has 0 aliphatic rings. The zero-order valence-electron chi connectivity index (χ0n) is 13.0. The number of para-hydroxylation sites is 2. The Bertz CT molecular complexity index is 629. The smallest absolute Gasteiger partial charge is 0.257 e. The molecule has 1 amide bonds. The van der Waals surface area contributed by atoms with E-state index in [4.69, 9.17) is 4.74 Å². The zero-order valence-corrected chi connectivity index (χ0v) is 13.0. The summed E-state index contributed by atoms with van der Waals surface area (Å²) < 4.78 is 5.06. The van der Waals surface area contributed by atoms with Crippen LogP contribution in [0.15, 0.2) is 42.5 Å². The van der Waals surface area contributed by atoms with E-state index in [1.165, 1.54) is 0 Å². The van der Waals surface area contributed by atoms with Gasteiger partial charge in [0.2, 0.25) is 0 Å². The minimum Gasteiger partial charge on any atom is -0.375 e. The maximum Gasteiger partial charge on any atom is 0.257 e. The quantitative estimate of drug-likeness (QED) is 0.851. The third kappa shape index (κ3) is 3.14. The molecule has 0 heterocycles. The Morgan fingerprint density at radius 1 is 0.952 bits per heavy atom. The molecular formula is C18H21NO2. The number of carbonyl (C=O) groups excluding carboxylic acids is 1. The fraction of sp³-hybridized carbons (Fsp3) is 0.278. The van der Waals surface area contributed by atoms with E-state index in [0.717, 1.165) is 28.1 Å². The van der Waals surface area contributed by atoms with Crippen LogP contribution in [0.2, 0.25) is 0 Å². The van der Waals surface area contributed by atoms with Crippen molar-refractivity contribution in [3.05, 3.63) is 59.2 Å². The maximum absolute atomic E-state index is 12.6. The zero-order chi connectivity index (χ0) is 15.4. The summed E-state index contributed by atoms with van der Waals surface area (Å²) in [6.45, 7) is 6.11. The van der Waals surface area contributed by atoms with Crippen molar-refractivity contribution in [1.82, 2.24) is 0 Å². The van der Waals surface area contributed by atoms with Gasteiger partial charge in [0.05, 0.1) is 11.4 Å². The number of carbonyl (C=O) groups is 1. The molecule has 0 spiro atoms. The lowest BCUT2D eigenvalue weighted by molar-refractivity contribution is -0.121. The Kier molecular flexibility index (Phi) is 4.76. The van der Waals surface area contributed by atoms with Crippen LogP contribution in [0.5, 0.6) is 0 Å². The minimum atomic E-state index is -0.0656. The third-order valence-electron chi connectivity index (χ3n) is 3.54. The molecule has 2 rings (SSSR count). The molecule has 2 aromatic carbocycles. The van der Waals surface area contributed by atoms with Crippen LogP contribution in [0, 0.1) is 20.8 Å². The Labute approximate surface area is 126 Å². The molecule has 0 aliphatic carbocycles. The standard InChI is InChI=1S/C18H21NO2/c1-13-8-5-6-11-16(13)19(17(20)12-21-4)18-14(2)9-7-10-15(18)3/h5-11H,12H2,1-4H3. The van der Waals surface area contributed by atoms with Gasteiger partial charge in [-0.1, -0.05) is 36.4 Å². The summed E-state index contributed by atoms with van der Waals surface area (Å²) in [6, 6.07) is 13.9. The van der Waals surface area contributed by atoms with Crippen LogP contribution in [0.3, 0.4) is 0 Å². The number of methoxy groups -OCH3 is 1. The number of aryl methyl sites for hydroxylation is 3. The van der Waals surface area contributed by atoms with Crippen LogP contribution in [-0.2, 0) is 9.53 Å². The van der Waals surface area contributed by atoms with E-state index in [1.807, 2.05) is 63.2 Å². The van der Waals surface area contributed by atoms with Crippen molar-refractivity contribution >= 4 is 17.3 Å². The third-order valence-corrected chi connectivity index (χ3v) is 3.54. The van der Waals surface area contributed by atoms with Crippen molar-refractivity contribution in [1.29, 1.82) is 0 Å². The lowest BCUT2D eigenvalue weighted by atomic mass is 10.1. The number of rotatable bonds is 4. The molecule has 0 aromatic heterocycles. The highest BCUT2D eigenvalue weighted by Crippen LogP contribution is 2.33. The van der Waals surface area contributed by atoms with Gasteiger partial charge in [0, 0.05) is 7.11 Å². The number of hydrogen-bond acceptors (Lipinski definition) is 2. The highest BCUT2D eigenvalue weighted by atomic mass is 16.5. The molecule has 0 saturated carbocycles. The molecule has 0 atom stereocenters. The van der Waals surface area contributed by atoms with Gasteiger partial charge in [-0.25, -0.2) is 0 Å². The topological polar surface area (TPSA) is 29.5 Å². The Balaban J connectivity index is 2.62. The molecule has 0 radical (unpaired) electrons. The van der Waals surface area contributed by atoms with Gasteiger partial charge in [-0.3, -0.25) is 9.69 Å². The van der Waals surface area contributed by atoms with Crippen LogP contribution in [0.4, 0.5) is 11.4 Å². The fourth-order valence-corrected chi connectivity index (χ4v) is 2.54. The fourth-order valence-electron chi connectivity index (χ4n) is 2.54. The molecule has 21 heavy (non-hydrogen) atoms. The maximum atomic E-state index is 12.6. The minimum absolute atomic E-state index is 0.0576. The largest absolute Gasteiger partial charge is 0.375 e. The van der Waals surface area contributed by atoms with Crippen molar-refractivity contribution in [3.63, 3.8) is 0 Å². The monoisotopic (exact) mass is 283 g/mol. The predicted octanol–water partition coefficient (Wildman–Crippen LogP) is 3.92. The molecule has 0 fully saturated rings. The van der Waals surface area contributed by atoms with Crippen LogP contribution in [-0.4, -0.2) is 19.6 Å². The molecular weight excluding hydrogens is 262 g/mol. The second-order valence-corrected chi connectivity index (χ2v) is 5.19. The van der Waals surface area contributed by atoms with Crippen molar-refractivity contribution < 1.29 is 9.53 Å². The lowest BCUT2D eigenvalue weighted by Gasteiger charge is -2.27.